The number of carbonyl (C=O) groups is 2. The standard InChI is InChI=1S/C38H66N2O4S2/c1-3-5-7-9-11-13-15-17-21-33-45-35-31-43-37(41)23-27-40(30-29-39-25-19-20-26-39)28-24-38(42)44-32-36-46-34-22-18-16-14-12-10-8-6-4-2/h1-2H,5-36H2. The molecule has 0 aromatic rings. The molecule has 1 saturated heterocycles. The molecule has 6 nitrogen and oxygen atoms in total. The van der Waals surface area contributed by atoms with Crippen molar-refractivity contribution in [3.05, 3.63) is 0 Å². The second kappa shape index (κ2) is 33.6. The van der Waals surface area contributed by atoms with E-state index in [-0.39, 0.29) is 11.9 Å². The SMILES string of the molecule is C#CCCCCCCCCCSCCOC(=O)CCN(CCC(=O)OCCSCCCCCCCCCC#C)CCN1CCCC1. The number of carbonyl (C=O) groups excluding carboxylic acids is 2. The first kappa shape index (κ1) is 42.7. The van der Waals surface area contributed by atoms with E-state index in [1.165, 1.54) is 89.9 Å². The Morgan fingerprint density at radius 3 is 1.43 bits per heavy atom. The molecule has 1 aliphatic heterocycles. The molecule has 1 heterocycles. The molecule has 1 aliphatic rings. The summed E-state index contributed by atoms with van der Waals surface area (Å²) in [6.45, 7) is 6.33. The summed E-state index contributed by atoms with van der Waals surface area (Å²) in [5.74, 6) is 9.10. The second-order valence-corrected chi connectivity index (χ2v) is 14.9. The van der Waals surface area contributed by atoms with Crippen LogP contribution < -0.4 is 0 Å². The summed E-state index contributed by atoms with van der Waals surface area (Å²) in [4.78, 5) is 29.5. The van der Waals surface area contributed by atoms with Crippen molar-refractivity contribution in [3.8, 4) is 24.7 Å². The van der Waals surface area contributed by atoms with Crippen molar-refractivity contribution < 1.29 is 19.1 Å². The molecule has 264 valence electrons. The average Bonchev–Trinajstić information content (AvgIpc) is 3.59. The van der Waals surface area contributed by atoms with E-state index in [0.29, 0.717) is 39.1 Å². The van der Waals surface area contributed by atoms with Crippen LogP contribution in [-0.4, -0.2) is 97.2 Å². The van der Waals surface area contributed by atoms with Crippen molar-refractivity contribution >= 4 is 35.5 Å². The van der Waals surface area contributed by atoms with Gasteiger partial charge in [-0.25, -0.2) is 0 Å². The number of esters is 2. The molecule has 0 spiro atoms. The van der Waals surface area contributed by atoms with Crippen molar-refractivity contribution in [2.45, 2.75) is 128 Å². The van der Waals surface area contributed by atoms with E-state index in [1.54, 1.807) is 0 Å². The van der Waals surface area contributed by atoms with Gasteiger partial charge in [-0.1, -0.05) is 64.2 Å². The highest BCUT2D eigenvalue weighted by Gasteiger charge is 2.16. The van der Waals surface area contributed by atoms with Crippen LogP contribution >= 0.6 is 23.5 Å². The first-order valence-corrected chi connectivity index (χ1v) is 20.7. The van der Waals surface area contributed by atoms with Crippen LogP contribution in [0.5, 0.6) is 0 Å². The van der Waals surface area contributed by atoms with Crippen LogP contribution in [0.25, 0.3) is 0 Å². The number of unbranched alkanes of at least 4 members (excludes halogenated alkanes) is 14. The van der Waals surface area contributed by atoms with Gasteiger partial charge in [0.2, 0.25) is 0 Å². The minimum absolute atomic E-state index is 0.142. The fraction of sp³-hybridized carbons (Fsp3) is 0.842. The number of thioether (sulfide) groups is 2. The normalized spacial score (nSPS) is 13.1. The Labute approximate surface area is 292 Å². The van der Waals surface area contributed by atoms with Crippen LogP contribution in [0.2, 0.25) is 0 Å². The van der Waals surface area contributed by atoms with Gasteiger partial charge in [-0.05, 0) is 63.1 Å². The summed E-state index contributed by atoms with van der Waals surface area (Å²) in [6, 6.07) is 0. The second-order valence-electron chi connectivity index (χ2n) is 12.4. The Bertz CT molecular complexity index is 752. The molecular formula is C38H66N2O4S2. The molecule has 1 fully saturated rings. The Morgan fingerprint density at radius 1 is 0.587 bits per heavy atom. The van der Waals surface area contributed by atoms with Crippen LogP contribution in [-0.2, 0) is 19.1 Å². The van der Waals surface area contributed by atoms with E-state index in [0.717, 1.165) is 74.9 Å². The largest absolute Gasteiger partial charge is 0.465 e. The fourth-order valence-corrected chi connectivity index (χ4v) is 7.16. The quantitative estimate of drug-likeness (QED) is 0.0391. The van der Waals surface area contributed by atoms with E-state index in [9.17, 15) is 9.59 Å². The lowest BCUT2D eigenvalue weighted by molar-refractivity contribution is -0.143. The van der Waals surface area contributed by atoms with Crippen LogP contribution in [0.15, 0.2) is 0 Å². The van der Waals surface area contributed by atoms with Crippen LogP contribution in [0.1, 0.15) is 128 Å². The van der Waals surface area contributed by atoms with Crippen LogP contribution in [0.3, 0.4) is 0 Å². The summed E-state index contributed by atoms with van der Waals surface area (Å²) in [5, 5.41) is 0. The fourth-order valence-electron chi connectivity index (χ4n) is 5.53. The van der Waals surface area contributed by atoms with Crippen molar-refractivity contribution in [2.24, 2.45) is 0 Å². The summed E-state index contributed by atoms with van der Waals surface area (Å²) in [5.41, 5.74) is 0. The number of nitrogens with zero attached hydrogens (tertiary/aromatic N) is 2. The zero-order valence-corrected chi connectivity index (χ0v) is 30.8. The highest BCUT2D eigenvalue weighted by atomic mass is 32.2. The van der Waals surface area contributed by atoms with Crippen molar-refractivity contribution in [2.75, 3.05) is 75.5 Å². The molecule has 0 N–H and O–H groups in total. The van der Waals surface area contributed by atoms with Gasteiger partial charge < -0.3 is 19.3 Å². The lowest BCUT2D eigenvalue weighted by Crippen LogP contribution is -2.36. The number of rotatable bonds is 33. The number of hydrogen-bond donors (Lipinski definition) is 0. The lowest BCUT2D eigenvalue weighted by Gasteiger charge is -2.24. The molecule has 0 unspecified atom stereocenters. The maximum Gasteiger partial charge on any atom is 0.307 e. The van der Waals surface area contributed by atoms with Gasteiger partial charge in [-0.2, -0.15) is 23.5 Å². The van der Waals surface area contributed by atoms with Gasteiger partial charge in [0.15, 0.2) is 0 Å². The Hall–Kier alpha value is -1.32. The molecule has 0 aromatic carbocycles. The number of likely N-dealkylation sites (tertiary alicyclic amines) is 1. The molecule has 0 saturated carbocycles. The van der Waals surface area contributed by atoms with E-state index in [1.807, 2.05) is 23.5 Å². The summed E-state index contributed by atoms with van der Waals surface area (Å²) in [7, 11) is 0. The molecule has 0 amide bonds. The molecule has 0 bridgehead atoms. The third-order valence-corrected chi connectivity index (χ3v) is 10.5. The topological polar surface area (TPSA) is 59.1 Å². The zero-order chi connectivity index (χ0) is 33.2. The van der Waals surface area contributed by atoms with Crippen molar-refractivity contribution in [1.29, 1.82) is 0 Å². The lowest BCUT2D eigenvalue weighted by atomic mass is 10.1. The minimum Gasteiger partial charge on any atom is -0.465 e. The van der Waals surface area contributed by atoms with Gasteiger partial charge in [0.1, 0.15) is 13.2 Å². The zero-order valence-electron chi connectivity index (χ0n) is 29.1. The van der Waals surface area contributed by atoms with Crippen molar-refractivity contribution in [3.63, 3.8) is 0 Å². The van der Waals surface area contributed by atoms with Crippen LogP contribution in [0, 0.1) is 24.7 Å². The molecule has 0 aromatic heterocycles. The Balaban J connectivity index is 2.09. The molecule has 46 heavy (non-hydrogen) atoms. The Kier molecular flexibility index (Phi) is 31.2. The third kappa shape index (κ3) is 28.9. The van der Waals surface area contributed by atoms with Crippen LogP contribution in [0.4, 0.5) is 0 Å². The highest BCUT2D eigenvalue weighted by Crippen LogP contribution is 2.13. The summed E-state index contributed by atoms with van der Waals surface area (Å²) < 4.78 is 11.0. The number of hydrogen-bond acceptors (Lipinski definition) is 8. The molecule has 8 heteroatoms. The first-order valence-electron chi connectivity index (χ1n) is 18.4. The van der Waals surface area contributed by atoms with E-state index < -0.39 is 0 Å². The average molecular weight is 679 g/mol. The smallest absolute Gasteiger partial charge is 0.307 e. The predicted octanol–water partition coefficient (Wildman–Crippen LogP) is 8.23. The summed E-state index contributed by atoms with van der Waals surface area (Å²) in [6.07, 6.45) is 33.3. The highest BCUT2D eigenvalue weighted by molar-refractivity contribution is 7.99. The maximum atomic E-state index is 12.4. The molecular weight excluding hydrogens is 613 g/mol. The van der Waals surface area contributed by atoms with Crippen molar-refractivity contribution in [1.82, 2.24) is 9.80 Å². The molecule has 1 rings (SSSR count). The van der Waals surface area contributed by atoms with E-state index in [4.69, 9.17) is 22.3 Å². The molecule has 0 radical (unpaired) electrons. The van der Waals surface area contributed by atoms with E-state index in [2.05, 4.69) is 21.6 Å². The van der Waals surface area contributed by atoms with Gasteiger partial charge in [0, 0.05) is 50.5 Å². The first-order chi connectivity index (χ1) is 22.7. The van der Waals surface area contributed by atoms with E-state index >= 15 is 0 Å². The predicted molar refractivity (Wildman–Crippen MR) is 199 cm³/mol. The van der Waals surface area contributed by atoms with Gasteiger partial charge in [-0.3, -0.25) is 9.59 Å². The van der Waals surface area contributed by atoms with Gasteiger partial charge in [-0.15, -0.1) is 24.7 Å². The Morgan fingerprint density at radius 2 is 1.00 bits per heavy atom. The van der Waals surface area contributed by atoms with Gasteiger partial charge in [0.05, 0.1) is 12.8 Å². The third-order valence-electron chi connectivity index (χ3n) is 8.40. The number of terminal acetylenes is 2. The monoisotopic (exact) mass is 678 g/mol. The number of ether oxygens (including phenoxy) is 2. The van der Waals surface area contributed by atoms with Gasteiger partial charge in [0.25, 0.3) is 0 Å². The maximum absolute atomic E-state index is 12.4. The summed E-state index contributed by atoms with van der Waals surface area (Å²) >= 11 is 3.74. The van der Waals surface area contributed by atoms with Gasteiger partial charge >= 0.3 is 11.9 Å². The minimum atomic E-state index is -0.142. The molecule has 0 aliphatic carbocycles. The molecule has 0 atom stereocenters.